The Bertz CT molecular complexity index is 682. The molecule has 0 spiro atoms. The summed E-state index contributed by atoms with van der Waals surface area (Å²) in [6.45, 7) is 3.55. The van der Waals surface area contributed by atoms with E-state index in [1.54, 1.807) is 11.8 Å². The third-order valence-electron chi connectivity index (χ3n) is 3.45. The van der Waals surface area contributed by atoms with Crippen LogP contribution in [0.1, 0.15) is 19.4 Å². The molecule has 1 unspecified atom stereocenters. The van der Waals surface area contributed by atoms with Crippen LogP contribution in [0.3, 0.4) is 0 Å². The fraction of sp³-hybridized carbons (Fsp3) is 0.400. The summed E-state index contributed by atoms with van der Waals surface area (Å²) in [5.74, 6) is -1.06. The quantitative estimate of drug-likeness (QED) is 0.854. The van der Waals surface area contributed by atoms with Crippen molar-refractivity contribution in [2.75, 3.05) is 16.4 Å². The van der Waals surface area contributed by atoms with Crippen LogP contribution in [-0.2, 0) is 21.1 Å². The van der Waals surface area contributed by atoms with Gasteiger partial charge in [0.15, 0.2) is 9.84 Å². The summed E-state index contributed by atoms with van der Waals surface area (Å²) < 4.78 is 24.1. The van der Waals surface area contributed by atoms with Crippen LogP contribution in [0.25, 0.3) is 0 Å². The number of para-hydroxylation sites is 1. The average molecular weight is 328 g/mol. The number of benzene rings is 1. The summed E-state index contributed by atoms with van der Waals surface area (Å²) in [6.07, 6.45) is 0.753. The van der Waals surface area contributed by atoms with Crippen LogP contribution < -0.4 is 4.90 Å². The second-order valence-corrected chi connectivity index (χ2v) is 7.72. The van der Waals surface area contributed by atoms with Crippen LogP contribution in [0.5, 0.6) is 0 Å². The van der Waals surface area contributed by atoms with E-state index in [4.69, 9.17) is 11.6 Å². The van der Waals surface area contributed by atoms with Gasteiger partial charge in [0.2, 0.25) is 5.91 Å². The predicted molar refractivity (Wildman–Crippen MR) is 85.4 cm³/mol. The lowest BCUT2D eigenvalue weighted by Gasteiger charge is -2.22. The van der Waals surface area contributed by atoms with Crippen molar-refractivity contribution in [2.45, 2.75) is 26.3 Å². The minimum Gasteiger partial charge on any atom is -0.308 e. The highest BCUT2D eigenvalue weighted by Gasteiger charge is 2.32. The number of sulfone groups is 1. The Balaban J connectivity index is 2.18. The molecule has 0 bridgehead atoms. The van der Waals surface area contributed by atoms with Gasteiger partial charge in [-0.2, -0.15) is 0 Å². The van der Waals surface area contributed by atoms with Crippen molar-refractivity contribution < 1.29 is 13.2 Å². The SMILES string of the molecule is CC(=CCl)CS(=O)(=O)CC(=O)N1c2ccccc2CC1C. The first-order valence-electron chi connectivity index (χ1n) is 6.70. The van der Waals surface area contributed by atoms with Gasteiger partial charge in [0, 0.05) is 17.3 Å². The molecule has 1 aliphatic heterocycles. The van der Waals surface area contributed by atoms with Gasteiger partial charge in [0.1, 0.15) is 5.75 Å². The molecule has 1 heterocycles. The van der Waals surface area contributed by atoms with E-state index < -0.39 is 15.6 Å². The molecule has 21 heavy (non-hydrogen) atoms. The maximum atomic E-state index is 12.4. The fourth-order valence-electron chi connectivity index (χ4n) is 2.63. The zero-order valence-corrected chi connectivity index (χ0v) is 13.6. The lowest BCUT2D eigenvalue weighted by atomic mass is 10.1. The lowest BCUT2D eigenvalue weighted by Crippen LogP contribution is -2.40. The Morgan fingerprint density at radius 2 is 2.05 bits per heavy atom. The van der Waals surface area contributed by atoms with Gasteiger partial charge in [-0.15, -0.1) is 0 Å². The molecular formula is C15H18ClNO3S. The molecule has 1 aromatic rings. The molecule has 6 heteroatoms. The van der Waals surface area contributed by atoms with Crippen LogP contribution in [0, 0.1) is 0 Å². The number of carbonyl (C=O) groups excluding carboxylic acids is 1. The Labute approximate surface area is 130 Å². The molecule has 1 aromatic carbocycles. The van der Waals surface area contributed by atoms with Crippen LogP contribution in [0.15, 0.2) is 35.4 Å². The molecule has 0 N–H and O–H groups in total. The predicted octanol–water partition coefficient (Wildman–Crippen LogP) is 2.52. The van der Waals surface area contributed by atoms with E-state index in [1.807, 2.05) is 31.2 Å². The van der Waals surface area contributed by atoms with Crippen molar-refractivity contribution in [3.63, 3.8) is 0 Å². The van der Waals surface area contributed by atoms with E-state index in [0.29, 0.717) is 5.57 Å². The molecule has 0 aliphatic carbocycles. The molecule has 1 aliphatic rings. The summed E-state index contributed by atoms with van der Waals surface area (Å²) in [5, 5.41) is 0. The normalized spacial score (nSPS) is 18.7. The molecule has 0 aromatic heterocycles. The van der Waals surface area contributed by atoms with E-state index in [-0.39, 0.29) is 17.7 Å². The van der Waals surface area contributed by atoms with Crippen LogP contribution in [-0.4, -0.2) is 31.9 Å². The van der Waals surface area contributed by atoms with Crippen molar-refractivity contribution in [3.05, 3.63) is 40.9 Å². The molecule has 2 rings (SSSR count). The number of amides is 1. The number of nitrogens with zero attached hydrogens (tertiary/aromatic N) is 1. The minimum atomic E-state index is -3.50. The summed E-state index contributed by atoms with van der Waals surface area (Å²) in [7, 11) is -3.50. The number of halogens is 1. The first-order chi connectivity index (χ1) is 9.84. The Kier molecular flexibility index (Phi) is 4.74. The largest absolute Gasteiger partial charge is 0.308 e. The molecular weight excluding hydrogens is 310 g/mol. The van der Waals surface area contributed by atoms with Gasteiger partial charge < -0.3 is 4.90 Å². The van der Waals surface area contributed by atoms with E-state index in [0.717, 1.165) is 17.7 Å². The van der Waals surface area contributed by atoms with Crippen molar-refractivity contribution in [3.8, 4) is 0 Å². The molecule has 4 nitrogen and oxygen atoms in total. The number of anilines is 1. The fourth-order valence-corrected chi connectivity index (χ4v) is 4.20. The Hall–Kier alpha value is -1.33. The van der Waals surface area contributed by atoms with Gasteiger partial charge >= 0.3 is 0 Å². The molecule has 0 saturated heterocycles. The van der Waals surface area contributed by atoms with Crippen molar-refractivity contribution in [1.29, 1.82) is 0 Å². The summed E-state index contributed by atoms with van der Waals surface area (Å²) >= 11 is 5.49. The standard InChI is InChI=1S/C15H18ClNO3S/c1-11(8-16)9-21(19,20)10-15(18)17-12(2)7-13-5-3-4-6-14(13)17/h3-6,8,12H,7,9-10H2,1-2H3. The number of carbonyl (C=O) groups is 1. The molecule has 0 saturated carbocycles. The summed E-state index contributed by atoms with van der Waals surface area (Å²) in [4.78, 5) is 14.0. The highest BCUT2D eigenvalue weighted by molar-refractivity contribution is 7.92. The van der Waals surface area contributed by atoms with Gasteiger partial charge in [-0.1, -0.05) is 29.8 Å². The Morgan fingerprint density at radius 3 is 2.71 bits per heavy atom. The summed E-state index contributed by atoms with van der Waals surface area (Å²) in [5.41, 5.74) is 3.65. The van der Waals surface area contributed by atoms with Crippen LogP contribution in [0.2, 0.25) is 0 Å². The highest BCUT2D eigenvalue weighted by Crippen LogP contribution is 2.31. The van der Waals surface area contributed by atoms with Gasteiger partial charge in [-0.05, 0) is 37.5 Å². The van der Waals surface area contributed by atoms with E-state index in [2.05, 4.69) is 0 Å². The molecule has 1 amide bonds. The Morgan fingerprint density at radius 1 is 1.38 bits per heavy atom. The third-order valence-corrected chi connectivity index (χ3v) is 5.41. The first-order valence-corrected chi connectivity index (χ1v) is 8.96. The van der Waals surface area contributed by atoms with Crippen molar-refractivity contribution >= 4 is 33.0 Å². The van der Waals surface area contributed by atoms with E-state index >= 15 is 0 Å². The van der Waals surface area contributed by atoms with E-state index in [1.165, 1.54) is 5.54 Å². The number of hydrogen-bond acceptors (Lipinski definition) is 3. The highest BCUT2D eigenvalue weighted by atomic mass is 35.5. The lowest BCUT2D eigenvalue weighted by molar-refractivity contribution is -0.116. The topological polar surface area (TPSA) is 54.5 Å². The van der Waals surface area contributed by atoms with Gasteiger partial charge in [-0.25, -0.2) is 8.42 Å². The van der Waals surface area contributed by atoms with Crippen molar-refractivity contribution in [1.82, 2.24) is 0 Å². The summed E-state index contributed by atoms with van der Waals surface area (Å²) in [6, 6.07) is 7.58. The maximum Gasteiger partial charge on any atom is 0.242 e. The number of fused-ring (bicyclic) bond motifs is 1. The molecule has 114 valence electrons. The van der Waals surface area contributed by atoms with Gasteiger partial charge in [0.05, 0.1) is 5.75 Å². The minimum absolute atomic E-state index is 0.0187. The smallest absolute Gasteiger partial charge is 0.242 e. The third kappa shape index (κ3) is 3.66. The number of rotatable bonds is 4. The average Bonchev–Trinajstić information content (AvgIpc) is 2.73. The number of hydrogen-bond donors (Lipinski definition) is 0. The second-order valence-electron chi connectivity index (χ2n) is 5.43. The zero-order valence-electron chi connectivity index (χ0n) is 12.0. The monoisotopic (exact) mass is 327 g/mol. The van der Waals surface area contributed by atoms with Crippen LogP contribution >= 0.6 is 11.6 Å². The van der Waals surface area contributed by atoms with Crippen molar-refractivity contribution in [2.24, 2.45) is 0 Å². The van der Waals surface area contributed by atoms with Crippen LogP contribution in [0.4, 0.5) is 5.69 Å². The maximum absolute atomic E-state index is 12.4. The van der Waals surface area contributed by atoms with Gasteiger partial charge in [0.25, 0.3) is 0 Å². The zero-order chi connectivity index (χ0) is 15.6. The molecule has 1 atom stereocenters. The first kappa shape index (κ1) is 16.0. The van der Waals surface area contributed by atoms with E-state index in [9.17, 15) is 13.2 Å². The second kappa shape index (κ2) is 6.20. The molecule has 0 radical (unpaired) electrons. The molecule has 0 fully saturated rings. The van der Waals surface area contributed by atoms with Gasteiger partial charge in [-0.3, -0.25) is 4.79 Å².